The standard InChI is InChI=1S/C17H21Cl2N3O2.ClH/c1-20-12-4-7-21(8-5-12)16(23)13-6-9-22(17(13)24)15-10-11(18)2-3-14(15)19;/h2-3,10,12-13,20H,4-9H2,1H3;1H. The van der Waals surface area contributed by atoms with Crippen molar-refractivity contribution >= 4 is 53.1 Å². The normalized spacial score (nSPS) is 21.4. The third-order valence-electron chi connectivity index (χ3n) is 4.92. The molecule has 1 aromatic rings. The average molecular weight is 407 g/mol. The predicted molar refractivity (Wildman–Crippen MR) is 103 cm³/mol. The van der Waals surface area contributed by atoms with Crippen LogP contribution < -0.4 is 10.2 Å². The summed E-state index contributed by atoms with van der Waals surface area (Å²) in [5, 5.41) is 4.23. The molecule has 2 aliphatic rings. The number of carbonyl (C=O) groups is 2. The van der Waals surface area contributed by atoms with Crippen LogP contribution in [0.25, 0.3) is 0 Å². The summed E-state index contributed by atoms with van der Waals surface area (Å²) in [5.41, 5.74) is 0.582. The summed E-state index contributed by atoms with van der Waals surface area (Å²) in [4.78, 5) is 28.9. The van der Waals surface area contributed by atoms with Crippen LogP contribution >= 0.6 is 35.6 Å². The molecule has 0 radical (unpaired) electrons. The number of likely N-dealkylation sites (tertiary alicyclic amines) is 1. The zero-order chi connectivity index (χ0) is 17.3. The van der Waals surface area contributed by atoms with Crippen LogP contribution in [0.3, 0.4) is 0 Å². The number of amides is 2. The fraction of sp³-hybridized carbons (Fsp3) is 0.529. The Morgan fingerprint density at radius 1 is 1.16 bits per heavy atom. The fourth-order valence-electron chi connectivity index (χ4n) is 3.45. The van der Waals surface area contributed by atoms with Gasteiger partial charge >= 0.3 is 0 Å². The largest absolute Gasteiger partial charge is 0.342 e. The highest BCUT2D eigenvalue weighted by atomic mass is 35.5. The van der Waals surface area contributed by atoms with E-state index in [0.717, 1.165) is 12.8 Å². The van der Waals surface area contributed by atoms with Gasteiger partial charge in [-0.2, -0.15) is 0 Å². The molecule has 0 saturated carbocycles. The van der Waals surface area contributed by atoms with Crippen LogP contribution in [0.5, 0.6) is 0 Å². The molecule has 2 heterocycles. The fourth-order valence-corrected chi connectivity index (χ4v) is 3.84. The lowest BCUT2D eigenvalue weighted by Gasteiger charge is -2.33. The Morgan fingerprint density at radius 3 is 2.48 bits per heavy atom. The van der Waals surface area contributed by atoms with Crippen molar-refractivity contribution in [3.05, 3.63) is 28.2 Å². The minimum Gasteiger partial charge on any atom is -0.342 e. The highest BCUT2D eigenvalue weighted by Gasteiger charge is 2.40. The molecule has 1 N–H and O–H groups in total. The Bertz CT molecular complexity index is 648. The van der Waals surface area contributed by atoms with E-state index in [9.17, 15) is 9.59 Å². The Kier molecular flexibility index (Phi) is 6.97. The van der Waals surface area contributed by atoms with Crippen LogP contribution in [-0.4, -0.2) is 49.4 Å². The molecule has 2 amide bonds. The maximum absolute atomic E-state index is 12.7. The highest BCUT2D eigenvalue weighted by molar-refractivity contribution is 6.36. The lowest BCUT2D eigenvalue weighted by molar-refractivity contribution is -0.140. The molecular formula is C17H22Cl3N3O2. The Hall–Kier alpha value is -1.01. The lowest BCUT2D eigenvalue weighted by atomic mass is 10.0. The summed E-state index contributed by atoms with van der Waals surface area (Å²) >= 11 is 12.2. The summed E-state index contributed by atoms with van der Waals surface area (Å²) in [6.45, 7) is 1.89. The van der Waals surface area contributed by atoms with E-state index in [1.807, 2.05) is 11.9 Å². The Morgan fingerprint density at radius 2 is 1.84 bits per heavy atom. The van der Waals surface area contributed by atoms with Gasteiger partial charge in [-0.05, 0) is 44.5 Å². The number of halogens is 3. The number of hydrogen-bond acceptors (Lipinski definition) is 3. The summed E-state index contributed by atoms with van der Waals surface area (Å²) in [5.74, 6) is -0.846. The highest BCUT2D eigenvalue weighted by Crippen LogP contribution is 2.34. The first kappa shape index (κ1) is 20.3. The predicted octanol–water partition coefficient (Wildman–Crippen LogP) is 2.98. The molecule has 1 aromatic carbocycles. The van der Waals surface area contributed by atoms with Gasteiger partial charge in [0.1, 0.15) is 5.92 Å². The van der Waals surface area contributed by atoms with Gasteiger partial charge in [-0.1, -0.05) is 23.2 Å². The average Bonchev–Trinajstić information content (AvgIpc) is 2.98. The molecule has 2 aliphatic heterocycles. The molecule has 0 spiro atoms. The Balaban J connectivity index is 0.00000225. The molecule has 25 heavy (non-hydrogen) atoms. The van der Waals surface area contributed by atoms with Gasteiger partial charge in [0.15, 0.2) is 0 Å². The van der Waals surface area contributed by atoms with Crippen molar-refractivity contribution < 1.29 is 9.59 Å². The van der Waals surface area contributed by atoms with Crippen LogP contribution in [0.15, 0.2) is 18.2 Å². The van der Waals surface area contributed by atoms with Crippen molar-refractivity contribution in [1.29, 1.82) is 0 Å². The number of anilines is 1. The molecule has 1 atom stereocenters. The molecule has 2 fully saturated rings. The van der Waals surface area contributed by atoms with Gasteiger partial charge in [0.2, 0.25) is 11.8 Å². The van der Waals surface area contributed by atoms with E-state index in [-0.39, 0.29) is 24.2 Å². The first-order valence-electron chi connectivity index (χ1n) is 8.23. The van der Waals surface area contributed by atoms with Gasteiger partial charge in [0.25, 0.3) is 0 Å². The van der Waals surface area contributed by atoms with Crippen molar-refractivity contribution in [1.82, 2.24) is 10.2 Å². The van der Waals surface area contributed by atoms with Crippen molar-refractivity contribution in [3.8, 4) is 0 Å². The van der Waals surface area contributed by atoms with Gasteiger partial charge in [0.05, 0.1) is 10.7 Å². The molecule has 8 heteroatoms. The quantitative estimate of drug-likeness (QED) is 0.785. The number of hydrogen-bond donors (Lipinski definition) is 1. The van der Waals surface area contributed by atoms with E-state index in [1.54, 1.807) is 23.1 Å². The number of carbonyl (C=O) groups excluding carboxylic acids is 2. The van der Waals surface area contributed by atoms with Crippen LogP contribution in [0, 0.1) is 5.92 Å². The van der Waals surface area contributed by atoms with Crippen LogP contribution in [0.1, 0.15) is 19.3 Å². The van der Waals surface area contributed by atoms with E-state index in [2.05, 4.69) is 5.32 Å². The Labute approximate surface area is 164 Å². The maximum Gasteiger partial charge on any atom is 0.239 e. The minimum absolute atomic E-state index is 0. The first-order valence-corrected chi connectivity index (χ1v) is 8.99. The molecule has 0 aromatic heterocycles. The number of nitrogens with one attached hydrogen (secondary N) is 1. The van der Waals surface area contributed by atoms with Crippen molar-refractivity contribution in [2.75, 3.05) is 31.6 Å². The summed E-state index contributed by atoms with van der Waals surface area (Å²) in [6.07, 6.45) is 2.37. The van der Waals surface area contributed by atoms with E-state index < -0.39 is 5.92 Å². The molecular weight excluding hydrogens is 385 g/mol. The third-order valence-corrected chi connectivity index (χ3v) is 5.47. The third kappa shape index (κ3) is 4.22. The molecule has 0 bridgehead atoms. The van der Waals surface area contributed by atoms with Crippen LogP contribution in [-0.2, 0) is 9.59 Å². The van der Waals surface area contributed by atoms with E-state index in [0.29, 0.717) is 47.8 Å². The lowest BCUT2D eigenvalue weighted by Crippen LogP contribution is -2.47. The topological polar surface area (TPSA) is 52.7 Å². The van der Waals surface area contributed by atoms with Crippen molar-refractivity contribution in [2.24, 2.45) is 5.92 Å². The molecule has 3 rings (SSSR count). The second-order valence-corrected chi connectivity index (χ2v) is 7.16. The zero-order valence-electron chi connectivity index (χ0n) is 14.0. The van der Waals surface area contributed by atoms with Gasteiger partial charge in [-0.25, -0.2) is 0 Å². The molecule has 5 nitrogen and oxygen atoms in total. The number of rotatable bonds is 3. The van der Waals surface area contributed by atoms with Crippen LogP contribution in [0.2, 0.25) is 10.0 Å². The zero-order valence-corrected chi connectivity index (χ0v) is 16.3. The smallest absolute Gasteiger partial charge is 0.239 e. The molecule has 2 saturated heterocycles. The van der Waals surface area contributed by atoms with E-state index in [4.69, 9.17) is 23.2 Å². The summed E-state index contributed by atoms with van der Waals surface area (Å²) in [7, 11) is 1.94. The molecule has 138 valence electrons. The summed E-state index contributed by atoms with van der Waals surface area (Å²) in [6, 6.07) is 5.48. The SMILES string of the molecule is CNC1CCN(C(=O)C2CCN(c3cc(Cl)ccc3Cl)C2=O)CC1.Cl. The minimum atomic E-state index is -0.605. The molecule has 0 aliphatic carbocycles. The van der Waals surface area contributed by atoms with Crippen molar-refractivity contribution in [2.45, 2.75) is 25.3 Å². The number of nitrogens with zero attached hydrogens (tertiary/aromatic N) is 2. The number of benzene rings is 1. The molecule has 1 unspecified atom stereocenters. The second kappa shape index (κ2) is 8.58. The van der Waals surface area contributed by atoms with Gasteiger partial charge in [-0.3, -0.25) is 9.59 Å². The van der Waals surface area contributed by atoms with Gasteiger partial charge in [0, 0.05) is 30.7 Å². The van der Waals surface area contributed by atoms with Crippen molar-refractivity contribution in [3.63, 3.8) is 0 Å². The monoisotopic (exact) mass is 405 g/mol. The first-order chi connectivity index (χ1) is 11.5. The van der Waals surface area contributed by atoms with Crippen LogP contribution in [0.4, 0.5) is 5.69 Å². The van der Waals surface area contributed by atoms with Gasteiger partial charge in [-0.15, -0.1) is 12.4 Å². The van der Waals surface area contributed by atoms with E-state index >= 15 is 0 Å². The van der Waals surface area contributed by atoms with Gasteiger partial charge < -0.3 is 15.1 Å². The summed E-state index contributed by atoms with van der Waals surface area (Å²) < 4.78 is 0. The maximum atomic E-state index is 12.7. The second-order valence-electron chi connectivity index (χ2n) is 6.32. The van der Waals surface area contributed by atoms with E-state index in [1.165, 1.54) is 0 Å². The number of piperidine rings is 1.